The molecule has 17 heavy (non-hydrogen) atoms. The molecule has 0 aliphatic heterocycles. The normalized spacial score (nSPS) is 18.2. The Morgan fingerprint density at radius 3 is 2.35 bits per heavy atom. The SMILES string of the molecule is C[Si](C)(OCc1ccccc1)C1CCCCC1. The van der Waals surface area contributed by atoms with Gasteiger partial charge in [0, 0.05) is 0 Å². The van der Waals surface area contributed by atoms with Gasteiger partial charge in [-0.25, -0.2) is 0 Å². The van der Waals surface area contributed by atoms with Crippen molar-refractivity contribution in [1.29, 1.82) is 0 Å². The van der Waals surface area contributed by atoms with E-state index in [1.807, 2.05) is 0 Å². The van der Waals surface area contributed by atoms with Crippen molar-refractivity contribution in [3.8, 4) is 0 Å². The van der Waals surface area contributed by atoms with Crippen molar-refractivity contribution in [3.63, 3.8) is 0 Å². The van der Waals surface area contributed by atoms with Gasteiger partial charge in [0.1, 0.15) is 0 Å². The fraction of sp³-hybridized carbons (Fsp3) is 0.600. The first kappa shape index (κ1) is 12.8. The van der Waals surface area contributed by atoms with Crippen molar-refractivity contribution in [2.24, 2.45) is 0 Å². The van der Waals surface area contributed by atoms with Crippen LogP contribution in [0.15, 0.2) is 30.3 Å². The number of hydrogen-bond donors (Lipinski definition) is 0. The summed E-state index contributed by atoms with van der Waals surface area (Å²) in [5.74, 6) is 0. The molecule has 0 bridgehead atoms. The predicted molar refractivity (Wildman–Crippen MR) is 75.5 cm³/mol. The fourth-order valence-electron chi connectivity index (χ4n) is 2.76. The van der Waals surface area contributed by atoms with Crippen LogP contribution in [-0.4, -0.2) is 8.32 Å². The highest BCUT2D eigenvalue weighted by Crippen LogP contribution is 2.37. The molecule has 1 aliphatic carbocycles. The smallest absolute Gasteiger partial charge is 0.190 e. The van der Waals surface area contributed by atoms with Gasteiger partial charge in [0.15, 0.2) is 8.32 Å². The Morgan fingerprint density at radius 2 is 1.71 bits per heavy atom. The summed E-state index contributed by atoms with van der Waals surface area (Å²) in [5, 5.41) is 0. The van der Waals surface area contributed by atoms with Crippen LogP contribution in [0.3, 0.4) is 0 Å². The molecule has 2 heteroatoms. The monoisotopic (exact) mass is 248 g/mol. The lowest BCUT2D eigenvalue weighted by Gasteiger charge is -2.34. The Labute approximate surface area is 106 Å². The second kappa shape index (κ2) is 5.83. The van der Waals surface area contributed by atoms with Crippen molar-refractivity contribution in [2.75, 3.05) is 0 Å². The second-order valence-electron chi connectivity index (χ2n) is 5.71. The Balaban J connectivity index is 1.88. The molecular formula is C15H24OSi. The Hall–Kier alpha value is -0.603. The average molecular weight is 248 g/mol. The fourth-order valence-corrected chi connectivity index (χ4v) is 5.33. The Kier molecular flexibility index (Phi) is 4.40. The summed E-state index contributed by atoms with van der Waals surface area (Å²) in [5.41, 5.74) is 2.18. The van der Waals surface area contributed by atoms with Crippen LogP contribution >= 0.6 is 0 Å². The predicted octanol–water partition coefficient (Wildman–Crippen LogP) is 4.74. The highest BCUT2D eigenvalue weighted by atomic mass is 28.4. The number of hydrogen-bond acceptors (Lipinski definition) is 1. The van der Waals surface area contributed by atoms with Crippen LogP contribution in [0, 0.1) is 0 Å². The third-order valence-corrected chi connectivity index (χ3v) is 7.47. The van der Waals surface area contributed by atoms with Gasteiger partial charge in [-0.05, 0) is 24.2 Å². The molecule has 0 N–H and O–H groups in total. The van der Waals surface area contributed by atoms with Crippen LogP contribution in [0.25, 0.3) is 0 Å². The minimum atomic E-state index is -1.49. The van der Waals surface area contributed by atoms with E-state index in [1.165, 1.54) is 37.7 Å². The standard InChI is InChI=1S/C15H24OSi/c1-17(2,15-11-7-4-8-12-15)16-13-14-9-5-3-6-10-14/h3,5-6,9-10,15H,4,7-8,11-13H2,1-2H3. The van der Waals surface area contributed by atoms with E-state index in [4.69, 9.17) is 4.43 Å². The quantitative estimate of drug-likeness (QED) is 0.699. The van der Waals surface area contributed by atoms with E-state index in [1.54, 1.807) is 0 Å². The van der Waals surface area contributed by atoms with Gasteiger partial charge in [-0.2, -0.15) is 0 Å². The molecule has 0 heterocycles. The molecule has 0 spiro atoms. The van der Waals surface area contributed by atoms with Crippen molar-refractivity contribution in [1.82, 2.24) is 0 Å². The van der Waals surface area contributed by atoms with Gasteiger partial charge >= 0.3 is 0 Å². The van der Waals surface area contributed by atoms with E-state index in [0.717, 1.165) is 12.1 Å². The van der Waals surface area contributed by atoms with Crippen molar-refractivity contribution in [3.05, 3.63) is 35.9 Å². The molecule has 0 saturated heterocycles. The molecule has 1 nitrogen and oxygen atoms in total. The molecule has 0 radical (unpaired) electrons. The largest absolute Gasteiger partial charge is 0.413 e. The maximum atomic E-state index is 6.29. The minimum absolute atomic E-state index is 0.802. The molecule has 0 unspecified atom stereocenters. The van der Waals surface area contributed by atoms with Gasteiger partial charge in [-0.1, -0.05) is 62.4 Å². The summed E-state index contributed by atoms with van der Waals surface area (Å²) in [7, 11) is -1.49. The maximum Gasteiger partial charge on any atom is 0.190 e. The van der Waals surface area contributed by atoms with E-state index in [0.29, 0.717) is 0 Å². The average Bonchev–Trinajstić information content (AvgIpc) is 2.39. The minimum Gasteiger partial charge on any atom is -0.413 e. The summed E-state index contributed by atoms with van der Waals surface area (Å²) in [6.07, 6.45) is 7.05. The molecule has 0 atom stereocenters. The van der Waals surface area contributed by atoms with Crippen molar-refractivity contribution in [2.45, 2.75) is 57.3 Å². The molecule has 1 aromatic carbocycles. The Morgan fingerprint density at radius 1 is 1.06 bits per heavy atom. The third-order valence-electron chi connectivity index (χ3n) is 4.04. The molecule has 0 amide bonds. The van der Waals surface area contributed by atoms with Gasteiger partial charge in [-0.3, -0.25) is 0 Å². The van der Waals surface area contributed by atoms with E-state index in [-0.39, 0.29) is 0 Å². The lowest BCUT2D eigenvalue weighted by atomic mass is 10.0. The van der Waals surface area contributed by atoms with Crippen LogP contribution in [-0.2, 0) is 11.0 Å². The molecular weight excluding hydrogens is 224 g/mol. The molecule has 1 fully saturated rings. The van der Waals surface area contributed by atoms with Gasteiger partial charge < -0.3 is 4.43 Å². The zero-order valence-electron chi connectivity index (χ0n) is 11.1. The Bertz CT molecular complexity index is 328. The number of rotatable bonds is 4. The molecule has 2 rings (SSSR count). The molecule has 94 valence electrons. The summed E-state index contributed by atoms with van der Waals surface area (Å²) in [4.78, 5) is 0. The second-order valence-corrected chi connectivity index (χ2v) is 10.0. The lowest BCUT2D eigenvalue weighted by molar-refractivity contribution is 0.276. The van der Waals surface area contributed by atoms with E-state index in [2.05, 4.69) is 43.4 Å². The first-order chi connectivity index (χ1) is 8.18. The molecule has 1 aromatic rings. The molecule has 0 aromatic heterocycles. The maximum absolute atomic E-state index is 6.29. The van der Waals surface area contributed by atoms with Gasteiger partial charge in [0.2, 0.25) is 0 Å². The van der Waals surface area contributed by atoms with Crippen molar-refractivity contribution < 1.29 is 4.43 Å². The first-order valence-electron chi connectivity index (χ1n) is 6.86. The first-order valence-corrected chi connectivity index (χ1v) is 9.85. The zero-order chi connectivity index (χ0) is 12.1. The van der Waals surface area contributed by atoms with Crippen LogP contribution < -0.4 is 0 Å². The van der Waals surface area contributed by atoms with Crippen molar-refractivity contribution >= 4 is 8.32 Å². The van der Waals surface area contributed by atoms with Gasteiger partial charge in [0.25, 0.3) is 0 Å². The molecule has 1 saturated carbocycles. The highest BCUT2D eigenvalue weighted by Gasteiger charge is 2.34. The van der Waals surface area contributed by atoms with Crippen LogP contribution in [0.5, 0.6) is 0 Å². The van der Waals surface area contributed by atoms with Crippen LogP contribution in [0.4, 0.5) is 0 Å². The van der Waals surface area contributed by atoms with E-state index >= 15 is 0 Å². The highest BCUT2D eigenvalue weighted by molar-refractivity contribution is 6.72. The van der Waals surface area contributed by atoms with E-state index < -0.39 is 8.32 Å². The zero-order valence-corrected chi connectivity index (χ0v) is 12.1. The number of benzene rings is 1. The summed E-state index contributed by atoms with van der Waals surface area (Å²) in [6.45, 7) is 5.59. The third kappa shape index (κ3) is 3.68. The summed E-state index contributed by atoms with van der Waals surface area (Å²) in [6, 6.07) is 10.6. The summed E-state index contributed by atoms with van der Waals surface area (Å²) < 4.78 is 6.29. The van der Waals surface area contributed by atoms with Crippen LogP contribution in [0.2, 0.25) is 18.6 Å². The van der Waals surface area contributed by atoms with Crippen LogP contribution in [0.1, 0.15) is 37.7 Å². The molecule has 1 aliphatic rings. The van der Waals surface area contributed by atoms with Gasteiger partial charge in [-0.15, -0.1) is 0 Å². The topological polar surface area (TPSA) is 9.23 Å². The lowest BCUT2D eigenvalue weighted by Crippen LogP contribution is -2.37. The van der Waals surface area contributed by atoms with Gasteiger partial charge in [0.05, 0.1) is 6.61 Å². The summed E-state index contributed by atoms with van der Waals surface area (Å²) >= 11 is 0. The van der Waals surface area contributed by atoms with E-state index in [9.17, 15) is 0 Å².